The first kappa shape index (κ1) is 21.1. The summed E-state index contributed by atoms with van der Waals surface area (Å²) in [5.41, 5.74) is 6.46. The van der Waals surface area contributed by atoms with E-state index in [1.165, 1.54) is 25.7 Å². The molecule has 0 aromatic rings. The topological polar surface area (TPSA) is 53.7 Å². The molecule has 21 heavy (non-hydrogen) atoms. The molecular weight excluding hydrogens is 282 g/mol. The molecule has 0 bridgehead atoms. The lowest BCUT2D eigenvalue weighted by atomic mass is 9.80. The minimum Gasteiger partial charge on any atom is -0.377 e. The average Bonchev–Trinajstić information content (AvgIpc) is 2.45. The van der Waals surface area contributed by atoms with Crippen LogP contribution in [0.2, 0.25) is 5.54 Å². The fraction of sp³-hybridized carbons (Fsp3) is 1.00. The van der Waals surface area contributed by atoms with Crippen molar-refractivity contribution < 1.29 is 13.3 Å². The summed E-state index contributed by atoms with van der Waals surface area (Å²) in [6.45, 7) is 8.63. The molecule has 0 heterocycles. The number of rotatable bonds is 12. The molecule has 128 valence electrons. The van der Waals surface area contributed by atoms with Crippen molar-refractivity contribution in [3.63, 3.8) is 0 Å². The van der Waals surface area contributed by atoms with Crippen LogP contribution in [-0.2, 0) is 13.3 Å². The summed E-state index contributed by atoms with van der Waals surface area (Å²) < 4.78 is 17.2. The third-order valence-electron chi connectivity index (χ3n) is 4.56. The van der Waals surface area contributed by atoms with Gasteiger partial charge in [0.05, 0.1) is 0 Å². The maximum Gasteiger partial charge on any atom is 0.503 e. The molecule has 0 spiro atoms. The van der Waals surface area contributed by atoms with Gasteiger partial charge in [0.2, 0.25) is 0 Å². The Kier molecular flexibility index (Phi) is 9.98. The van der Waals surface area contributed by atoms with Crippen molar-refractivity contribution in [2.24, 2.45) is 11.7 Å². The van der Waals surface area contributed by atoms with Gasteiger partial charge in [-0.1, -0.05) is 39.5 Å². The fourth-order valence-electron chi connectivity index (χ4n) is 3.37. The SMILES string of the molecule is CCCCCCC(C(CC)[Si](OC)(OC)OC)C(C)(C)N. The van der Waals surface area contributed by atoms with E-state index in [9.17, 15) is 0 Å². The summed E-state index contributed by atoms with van der Waals surface area (Å²) in [5, 5.41) is 0. The van der Waals surface area contributed by atoms with Crippen LogP contribution >= 0.6 is 0 Å². The molecule has 2 unspecified atom stereocenters. The van der Waals surface area contributed by atoms with Crippen LogP contribution in [0.4, 0.5) is 0 Å². The molecule has 0 aromatic heterocycles. The molecule has 0 radical (unpaired) electrons. The first-order valence-corrected chi connectivity index (χ1v) is 10.1. The molecule has 0 amide bonds. The minimum atomic E-state index is -2.67. The van der Waals surface area contributed by atoms with E-state index in [4.69, 9.17) is 19.0 Å². The van der Waals surface area contributed by atoms with Crippen LogP contribution in [0, 0.1) is 5.92 Å². The van der Waals surface area contributed by atoms with E-state index in [2.05, 4.69) is 27.7 Å². The minimum absolute atomic E-state index is 0.235. The van der Waals surface area contributed by atoms with Crippen molar-refractivity contribution >= 4 is 8.80 Å². The Morgan fingerprint density at radius 1 is 0.952 bits per heavy atom. The summed E-state index contributed by atoms with van der Waals surface area (Å²) in [6.07, 6.45) is 7.07. The average molecular weight is 320 g/mol. The van der Waals surface area contributed by atoms with Gasteiger partial charge in [0, 0.05) is 32.4 Å². The number of unbranched alkanes of at least 4 members (excludes halogenated alkanes) is 3. The largest absolute Gasteiger partial charge is 0.503 e. The Morgan fingerprint density at radius 3 is 1.81 bits per heavy atom. The quantitative estimate of drug-likeness (QED) is 0.437. The van der Waals surface area contributed by atoms with Crippen LogP contribution in [0.25, 0.3) is 0 Å². The standard InChI is InChI=1S/C16H37NO3Si/c1-8-10-11-12-13-14(16(3,4)17)15(9-2)21(18-5,19-6)20-7/h14-15H,8-13,17H2,1-7H3. The Hall–Kier alpha value is 0.0569. The van der Waals surface area contributed by atoms with Gasteiger partial charge in [0.25, 0.3) is 0 Å². The van der Waals surface area contributed by atoms with Crippen molar-refractivity contribution in [2.45, 2.75) is 77.3 Å². The van der Waals surface area contributed by atoms with Crippen molar-refractivity contribution in [1.29, 1.82) is 0 Å². The van der Waals surface area contributed by atoms with Gasteiger partial charge < -0.3 is 19.0 Å². The van der Waals surface area contributed by atoms with Gasteiger partial charge in [0.15, 0.2) is 0 Å². The van der Waals surface area contributed by atoms with Crippen LogP contribution in [0.5, 0.6) is 0 Å². The highest BCUT2D eigenvalue weighted by Gasteiger charge is 2.52. The molecule has 0 rings (SSSR count). The molecule has 4 nitrogen and oxygen atoms in total. The third-order valence-corrected chi connectivity index (χ3v) is 7.98. The molecule has 5 heteroatoms. The van der Waals surface area contributed by atoms with E-state index >= 15 is 0 Å². The molecule has 2 atom stereocenters. The van der Waals surface area contributed by atoms with Gasteiger partial charge in [-0.15, -0.1) is 0 Å². The highest BCUT2D eigenvalue weighted by molar-refractivity contribution is 6.62. The maximum absolute atomic E-state index is 6.49. The Labute approximate surface area is 133 Å². The zero-order valence-electron chi connectivity index (χ0n) is 15.2. The van der Waals surface area contributed by atoms with E-state index < -0.39 is 8.80 Å². The van der Waals surface area contributed by atoms with Gasteiger partial charge in [0.1, 0.15) is 0 Å². The number of hydrogen-bond acceptors (Lipinski definition) is 4. The maximum atomic E-state index is 6.49. The highest BCUT2D eigenvalue weighted by Crippen LogP contribution is 2.42. The molecule has 0 fully saturated rings. The Balaban J connectivity index is 5.15. The molecule has 0 saturated heterocycles. The van der Waals surface area contributed by atoms with Crippen LogP contribution in [0.15, 0.2) is 0 Å². The molecule has 0 aromatic carbocycles. The molecule has 0 aliphatic rings. The summed E-state index contributed by atoms with van der Waals surface area (Å²) in [4.78, 5) is 0. The summed E-state index contributed by atoms with van der Waals surface area (Å²) in [7, 11) is 2.41. The molecule has 0 saturated carbocycles. The van der Waals surface area contributed by atoms with Gasteiger partial charge >= 0.3 is 8.80 Å². The third kappa shape index (κ3) is 5.98. The van der Waals surface area contributed by atoms with E-state index in [1.54, 1.807) is 21.3 Å². The second kappa shape index (κ2) is 9.95. The zero-order chi connectivity index (χ0) is 16.5. The van der Waals surface area contributed by atoms with E-state index in [1.807, 2.05) is 0 Å². The normalized spacial score (nSPS) is 16.0. The lowest BCUT2D eigenvalue weighted by Crippen LogP contribution is -2.55. The van der Waals surface area contributed by atoms with E-state index in [0.29, 0.717) is 5.92 Å². The van der Waals surface area contributed by atoms with Crippen LogP contribution in [-0.4, -0.2) is 35.7 Å². The molecule has 0 aliphatic heterocycles. The summed E-state index contributed by atoms with van der Waals surface area (Å²) in [5.74, 6) is 0.339. The van der Waals surface area contributed by atoms with Crippen molar-refractivity contribution in [1.82, 2.24) is 0 Å². The van der Waals surface area contributed by atoms with Gasteiger partial charge in [-0.2, -0.15) is 0 Å². The zero-order valence-corrected chi connectivity index (χ0v) is 16.2. The van der Waals surface area contributed by atoms with E-state index in [-0.39, 0.29) is 11.1 Å². The smallest absolute Gasteiger partial charge is 0.377 e. The lowest BCUT2D eigenvalue weighted by Gasteiger charge is -2.42. The van der Waals surface area contributed by atoms with Gasteiger partial charge in [-0.25, -0.2) is 0 Å². The second-order valence-corrected chi connectivity index (χ2v) is 9.68. The van der Waals surface area contributed by atoms with Crippen molar-refractivity contribution in [3.8, 4) is 0 Å². The molecule has 0 aliphatic carbocycles. The summed E-state index contributed by atoms with van der Waals surface area (Å²) >= 11 is 0. The van der Waals surface area contributed by atoms with Crippen molar-refractivity contribution in [3.05, 3.63) is 0 Å². The fourth-order valence-corrected chi connectivity index (χ4v) is 6.37. The number of hydrogen-bond donors (Lipinski definition) is 1. The monoisotopic (exact) mass is 319 g/mol. The van der Waals surface area contributed by atoms with Crippen LogP contribution < -0.4 is 5.73 Å². The van der Waals surface area contributed by atoms with Crippen LogP contribution in [0.1, 0.15) is 66.2 Å². The summed E-state index contributed by atoms with van der Waals surface area (Å²) in [6, 6.07) is 0. The lowest BCUT2D eigenvalue weighted by molar-refractivity contribution is 0.0884. The first-order valence-electron chi connectivity index (χ1n) is 8.27. The van der Waals surface area contributed by atoms with Gasteiger partial charge in [-0.3, -0.25) is 0 Å². The molecule has 2 N–H and O–H groups in total. The van der Waals surface area contributed by atoms with Crippen molar-refractivity contribution in [2.75, 3.05) is 21.3 Å². The van der Waals surface area contributed by atoms with E-state index in [0.717, 1.165) is 12.8 Å². The highest BCUT2D eigenvalue weighted by atomic mass is 28.4. The predicted molar refractivity (Wildman–Crippen MR) is 91.3 cm³/mol. The Bertz CT molecular complexity index is 256. The van der Waals surface area contributed by atoms with Crippen LogP contribution in [0.3, 0.4) is 0 Å². The first-order chi connectivity index (χ1) is 9.82. The number of nitrogens with two attached hydrogens (primary N) is 1. The second-order valence-electron chi connectivity index (χ2n) is 6.51. The Morgan fingerprint density at radius 2 is 1.48 bits per heavy atom. The van der Waals surface area contributed by atoms with Gasteiger partial charge in [-0.05, 0) is 32.6 Å². The predicted octanol–water partition coefficient (Wildman–Crippen LogP) is 3.97. The molecular formula is C16H37NO3Si.